The van der Waals surface area contributed by atoms with Crippen LogP contribution in [0, 0.1) is 6.92 Å². The molecule has 0 aromatic carbocycles. The van der Waals surface area contributed by atoms with E-state index in [1.165, 1.54) is 4.57 Å². The molecule has 0 unspecified atom stereocenters. The molecule has 2 fully saturated rings. The van der Waals surface area contributed by atoms with Gasteiger partial charge in [-0.05, 0) is 43.6 Å². The van der Waals surface area contributed by atoms with E-state index in [0.717, 1.165) is 36.3 Å². The first kappa shape index (κ1) is 15.6. The topological polar surface area (TPSA) is 60.3 Å². The van der Waals surface area contributed by atoms with Crippen LogP contribution in [0.2, 0.25) is 0 Å². The van der Waals surface area contributed by atoms with Crippen molar-refractivity contribution in [3.05, 3.63) is 34.2 Å². The summed E-state index contributed by atoms with van der Waals surface area (Å²) in [5, 5.41) is 3.07. The normalized spacial score (nSPS) is 28.0. The highest BCUT2D eigenvalue weighted by molar-refractivity contribution is 7.99. The average Bonchev–Trinajstić information content (AvgIpc) is 2.90. The smallest absolute Gasteiger partial charge is 0.251 e. The number of aryl methyl sites for hydroxylation is 1. The molecule has 2 aliphatic rings. The molecule has 6 heteroatoms. The zero-order valence-electron chi connectivity index (χ0n) is 12.8. The fourth-order valence-electron chi connectivity index (χ4n) is 3.18. The Morgan fingerprint density at radius 2 is 2.45 bits per heavy atom. The van der Waals surface area contributed by atoms with Gasteiger partial charge in [0, 0.05) is 30.7 Å². The Morgan fingerprint density at radius 1 is 1.59 bits per heavy atom. The predicted molar refractivity (Wildman–Crippen MR) is 87.2 cm³/mol. The summed E-state index contributed by atoms with van der Waals surface area (Å²) < 4.78 is 7.41. The number of hydrogen-bond acceptors (Lipinski definition) is 4. The molecular formula is C16H22N2O3S. The molecule has 1 spiro atoms. The monoisotopic (exact) mass is 322 g/mol. The maximum Gasteiger partial charge on any atom is 0.251 e. The lowest BCUT2D eigenvalue weighted by Crippen LogP contribution is -2.49. The standard InChI is InChI=1S/C16H22N2O3S/c1-12-2-5-18(15(20)8-12)10-14(19)17-13-3-6-21-16(9-13)4-7-22-11-16/h2,5,8,13H,3-4,6-7,9-11H2,1H3,(H,17,19)/t13-,16-/m0/s1. The number of ether oxygens (including phenoxy) is 1. The van der Waals surface area contributed by atoms with E-state index in [-0.39, 0.29) is 29.7 Å². The summed E-state index contributed by atoms with van der Waals surface area (Å²) in [5.41, 5.74) is 0.735. The third-order valence-corrected chi connectivity index (χ3v) is 5.61. The Morgan fingerprint density at radius 3 is 3.18 bits per heavy atom. The van der Waals surface area contributed by atoms with Crippen LogP contribution >= 0.6 is 11.8 Å². The van der Waals surface area contributed by atoms with Crippen LogP contribution in [-0.2, 0) is 16.1 Å². The molecule has 3 heterocycles. The van der Waals surface area contributed by atoms with Crippen LogP contribution in [0.5, 0.6) is 0 Å². The molecule has 1 aromatic rings. The Balaban J connectivity index is 1.58. The molecule has 0 radical (unpaired) electrons. The molecular weight excluding hydrogens is 300 g/mol. The number of nitrogens with zero attached hydrogens (tertiary/aromatic N) is 1. The summed E-state index contributed by atoms with van der Waals surface area (Å²) in [6.45, 7) is 2.65. The number of carbonyl (C=O) groups is 1. The summed E-state index contributed by atoms with van der Waals surface area (Å²) in [6.07, 6.45) is 4.48. The van der Waals surface area contributed by atoms with E-state index in [4.69, 9.17) is 4.74 Å². The maximum absolute atomic E-state index is 12.2. The van der Waals surface area contributed by atoms with Crippen LogP contribution in [0.3, 0.4) is 0 Å². The minimum atomic E-state index is -0.134. The molecule has 2 aliphatic heterocycles. The van der Waals surface area contributed by atoms with Crippen molar-refractivity contribution in [1.82, 2.24) is 9.88 Å². The Kier molecular flexibility index (Phi) is 4.59. The average molecular weight is 322 g/mol. The van der Waals surface area contributed by atoms with Crippen molar-refractivity contribution in [1.29, 1.82) is 0 Å². The highest BCUT2D eigenvalue weighted by Crippen LogP contribution is 2.38. The quantitative estimate of drug-likeness (QED) is 0.912. The first-order chi connectivity index (χ1) is 10.6. The number of carbonyl (C=O) groups excluding carboxylic acids is 1. The second kappa shape index (κ2) is 6.46. The minimum absolute atomic E-state index is 0.0401. The summed E-state index contributed by atoms with van der Waals surface area (Å²) >= 11 is 1.92. The highest BCUT2D eigenvalue weighted by atomic mass is 32.2. The molecule has 1 N–H and O–H groups in total. The molecule has 3 rings (SSSR count). The van der Waals surface area contributed by atoms with Crippen molar-refractivity contribution in [3.8, 4) is 0 Å². The molecule has 0 saturated carbocycles. The molecule has 1 aromatic heterocycles. The second-order valence-electron chi connectivity index (χ2n) is 6.26. The van der Waals surface area contributed by atoms with Crippen molar-refractivity contribution in [2.75, 3.05) is 18.1 Å². The minimum Gasteiger partial charge on any atom is -0.374 e. The second-order valence-corrected chi connectivity index (χ2v) is 7.37. The Bertz CT molecular complexity index is 608. The third kappa shape index (κ3) is 3.55. The summed E-state index contributed by atoms with van der Waals surface area (Å²) in [7, 11) is 0. The van der Waals surface area contributed by atoms with E-state index in [1.807, 2.05) is 24.8 Å². The highest BCUT2D eigenvalue weighted by Gasteiger charge is 2.40. The van der Waals surface area contributed by atoms with Gasteiger partial charge in [-0.3, -0.25) is 9.59 Å². The first-order valence-corrected chi connectivity index (χ1v) is 8.90. The SMILES string of the molecule is Cc1ccn(CC(=O)N[C@H]2CCO[C@@]3(CCSC3)C2)c(=O)c1. The fourth-order valence-corrected chi connectivity index (χ4v) is 4.56. The van der Waals surface area contributed by atoms with Gasteiger partial charge in [0.1, 0.15) is 6.54 Å². The van der Waals surface area contributed by atoms with Gasteiger partial charge in [0.25, 0.3) is 5.56 Å². The van der Waals surface area contributed by atoms with E-state index < -0.39 is 0 Å². The lowest BCUT2D eigenvalue weighted by atomic mass is 9.90. The van der Waals surface area contributed by atoms with Gasteiger partial charge in [-0.1, -0.05) is 0 Å². The molecule has 2 atom stereocenters. The first-order valence-electron chi connectivity index (χ1n) is 7.75. The molecule has 120 valence electrons. The largest absolute Gasteiger partial charge is 0.374 e. The zero-order chi connectivity index (χ0) is 15.6. The molecule has 1 amide bonds. The van der Waals surface area contributed by atoms with Crippen molar-refractivity contribution < 1.29 is 9.53 Å². The van der Waals surface area contributed by atoms with E-state index in [2.05, 4.69) is 5.32 Å². The summed E-state index contributed by atoms with van der Waals surface area (Å²) in [6, 6.07) is 3.54. The van der Waals surface area contributed by atoms with E-state index in [9.17, 15) is 9.59 Å². The molecule has 22 heavy (non-hydrogen) atoms. The zero-order valence-corrected chi connectivity index (χ0v) is 13.7. The van der Waals surface area contributed by atoms with Gasteiger partial charge in [0.2, 0.25) is 5.91 Å². The fraction of sp³-hybridized carbons (Fsp3) is 0.625. The van der Waals surface area contributed by atoms with Gasteiger partial charge in [0.15, 0.2) is 0 Å². The van der Waals surface area contributed by atoms with Crippen molar-refractivity contribution >= 4 is 17.7 Å². The van der Waals surface area contributed by atoms with Gasteiger partial charge in [-0.25, -0.2) is 0 Å². The summed E-state index contributed by atoms with van der Waals surface area (Å²) in [5.74, 6) is 2.06. The van der Waals surface area contributed by atoms with E-state index in [1.54, 1.807) is 12.3 Å². The van der Waals surface area contributed by atoms with E-state index in [0.29, 0.717) is 6.61 Å². The van der Waals surface area contributed by atoms with Gasteiger partial charge in [-0.2, -0.15) is 11.8 Å². The number of rotatable bonds is 3. The number of nitrogens with one attached hydrogen (secondary N) is 1. The number of hydrogen-bond donors (Lipinski definition) is 1. The number of amides is 1. The third-order valence-electron chi connectivity index (χ3n) is 4.39. The maximum atomic E-state index is 12.2. The van der Waals surface area contributed by atoms with Crippen LogP contribution in [0.15, 0.2) is 23.1 Å². The van der Waals surface area contributed by atoms with Crippen LogP contribution in [-0.4, -0.2) is 40.2 Å². The van der Waals surface area contributed by atoms with Crippen LogP contribution in [0.4, 0.5) is 0 Å². The Labute approximate surface area is 134 Å². The van der Waals surface area contributed by atoms with Crippen LogP contribution in [0.1, 0.15) is 24.8 Å². The molecule has 5 nitrogen and oxygen atoms in total. The number of thioether (sulfide) groups is 1. The number of pyridine rings is 1. The lowest BCUT2D eigenvalue weighted by Gasteiger charge is -2.38. The van der Waals surface area contributed by atoms with E-state index >= 15 is 0 Å². The lowest BCUT2D eigenvalue weighted by molar-refractivity contribution is -0.125. The van der Waals surface area contributed by atoms with Gasteiger partial charge >= 0.3 is 0 Å². The predicted octanol–water partition coefficient (Wildman–Crippen LogP) is 1.33. The van der Waals surface area contributed by atoms with Crippen molar-refractivity contribution in [2.24, 2.45) is 0 Å². The van der Waals surface area contributed by atoms with Gasteiger partial charge in [0.05, 0.1) is 5.60 Å². The molecule has 0 aliphatic carbocycles. The van der Waals surface area contributed by atoms with Crippen molar-refractivity contribution in [2.45, 2.75) is 44.4 Å². The van der Waals surface area contributed by atoms with Crippen LogP contribution < -0.4 is 10.9 Å². The number of aromatic nitrogens is 1. The van der Waals surface area contributed by atoms with Gasteiger partial charge < -0.3 is 14.6 Å². The molecule has 0 bridgehead atoms. The molecule has 2 saturated heterocycles. The van der Waals surface area contributed by atoms with Crippen LogP contribution in [0.25, 0.3) is 0 Å². The Hall–Kier alpha value is -1.27. The van der Waals surface area contributed by atoms with Crippen molar-refractivity contribution in [3.63, 3.8) is 0 Å². The van der Waals surface area contributed by atoms with Gasteiger partial charge in [-0.15, -0.1) is 0 Å². The summed E-state index contributed by atoms with van der Waals surface area (Å²) in [4.78, 5) is 24.0.